The molecule has 0 bridgehead atoms. The van der Waals surface area contributed by atoms with Crippen molar-refractivity contribution in [2.24, 2.45) is 5.92 Å². The molecule has 0 amide bonds. The van der Waals surface area contributed by atoms with Gasteiger partial charge in [0.25, 0.3) is 0 Å². The van der Waals surface area contributed by atoms with Gasteiger partial charge in [-0.1, -0.05) is 0 Å². The van der Waals surface area contributed by atoms with Crippen molar-refractivity contribution >= 4 is 5.97 Å². The van der Waals surface area contributed by atoms with Crippen LogP contribution in [0, 0.1) is 5.92 Å². The second-order valence-electron chi connectivity index (χ2n) is 5.92. The van der Waals surface area contributed by atoms with Gasteiger partial charge in [0.1, 0.15) is 0 Å². The lowest BCUT2D eigenvalue weighted by molar-refractivity contribution is -0.144. The van der Waals surface area contributed by atoms with E-state index in [1.807, 2.05) is 0 Å². The highest BCUT2D eigenvalue weighted by molar-refractivity contribution is 5.70. The van der Waals surface area contributed by atoms with Crippen molar-refractivity contribution in [3.05, 3.63) is 0 Å². The lowest BCUT2D eigenvalue weighted by Gasteiger charge is -2.28. The standard InChI is InChI=1S/C13H23NO4/c1-13(2)4-3-10(18-13)8-17-11-5-9(12(15)16)6-14-7-11/h9-11,14H,3-8H2,1-2H3,(H,15,16). The van der Waals surface area contributed by atoms with Crippen LogP contribution >= 0.6 is 0 Å². The van der Waals surface area contributed by atoms with E-state index < -0.39 is 5.97 Å². The molecule has 3 unspecified atom stereocenters. The van der Waals surface area contributed by atoms with E-state index >= 15 is 0 Å². The predicted molar refractivity (Wildman–Crippen MR) is 66.5 cm³/mol. The minimum Gasteiger partial charge on any atom is -0.481 e. The Morgan fingerprint density at radius 3 is 2.89 bits per heavy atom. The quantitative estimate of drug-likeness (QED) is 0.787. The van der Waals surface area contributed by atoms with Crippen LogP contribution in [0.25, 0.3) is 0 Å². The summed E-state index contributed by atoms with van der Waals surface area (Å²) in [6.45, 7) is 6.04. The molecule has 0 aromatic heterocycles. The van der Waals surface area contributed by atoms with Crippen LogP contribution in [0.5, 0.6) is 0 Å². The maximum absolute atomic E-state index is 10.9. The minimum atomic E-state index is -0.742. The third kappa shape index (κ3) is 3.67. The van der Waals surface area contributed by atoms with Crippen molar-refractivity contribution in [1.29, 1.82) is 0 Å². The molecular formula is C13H23NO4. The number of carboxylic acid groups (broad SMARTS) is 1. The number of carboxylic acids is 1. The Kier molecular flexibility index (Phi) is 4.25. The first kappa shape index (κ1) is 13.8. The van der Waals surface area contributed by atoms with Crippen LogP contribution in [0.2, 0.25) is 0 Å². The van der Waals surface area contributed by atoms with Gasteiger partial charge in [-0.15, -0.1) is 0 Å². The van der Waals surface area contributed by atoms with E-state index in [0.29, 0.717) is 19.6 Å². The number of ether oxygens (including phenoxy) is 2. The molecule has 5 nitrogen and oxygen atoms in total. The molecule has 5 heteroatoms. The number of nitrogens with one attached hydrogen (secondary N) is 1. The van der Waals surface area contributed by atoms with E-state index in [4.69, 9.17) is 14.6 Å². The molecule has 0 radical (unpaired) electrons. The molecule has 3 atom stereocenters. The molecule has 2 aliphatic rings. The van der Waals surface area contributed by atoms with Crippen LogP contribution in [0.3, 0.4) is 0 Å². The smallest absolute Gasteiger partial charge is 0.307 e. The second kappa shape index (κ2) is 5.55. The fourth-order valence-electron chi connectivity index (χ4n) is 2.66. The number of hydrogen-bond acceptors (Lipinski definition) is 4. The Hall–Kier alpha value is -0.650. The number of piperidine rings is 1. The van der Waals surface area contributed by atoms with Crippen molar-refractivity contribution < 1.29 is 19.4 Å². The largest absolute Gasteiger partial charge is 0.481 e. The normalized spacial score (nSPS) is 35.6. The summed E-state index contributed by atoms with van der Waals surface area (Å²) in [6.07, 6.45) is 2.83. The Morgan fingerprint density at radius 1 is 1.50 bits per heavy atom. The average molecular weight is 257 g/mol. The van der Waals surface area contributed by atoms with Gasteiger partial charge in [-0.05, 0) is 33.1 Å². The van der Waals surface area contributed by atoms with Gasteiger partial charge < -0.3 is 19.9 Å². The molecule has 2 heterocycles. The minimum absolute atomic E-state index is 0.00726. The monoisotopic (exact) mass is 257 g/mol. The summed E-state index contributed by atoms with van der Waals surface area (Å²) in [6, 6.07) is 0. The molecule has 104 valence electrons. The SMILES string of the molecule is CC1(C)CCC(COC2CNCC(C(=O)O)C2)O1. The third-order valence-electron chi connectivity index (χ3n) is 3.73. The topological polar surface area (TPSA) is 67.8 Å². The Balaban J connectivity index is 1.72. The number of aliphatic carboxylic acids is 1. The summed E-state index contributed by atoms with van der Waals surface area (Å²) >= 11 is 0. The molecule has 0 aromatic carbocycles. The summed E-state index contributed by atoms with van der Waals surface area (Å²) in [4.78, 5) is 10.9. The van der Waals surface area contributed by atoms with Gasteiger partial charge in [0, 0.05) is 13.1 Å². The van der Waals surface area contributed by atoms with Crippen molar-refractivity contribution in [3.8, 4) is 0 Å². The van der Waals surface area contributed by atoms with Crippen LogP contribution in [0.1, 0.15) is 33.1 Å². The Morgan fingerprint density at radius 2 is 2.28 bits per heavy atom. The number of rotatable bonds is 4. The number of hydrogen-bond donors (Lipinski definition) is 2. The first-order valence-electron chi connectivity index (χ1n) is 6.69. The molecule has 2 fully saturated rings. The molecule has 2 rings (SSSR count). The zero-order valence-electron chi connectivity index (χ0n) is 11.1. The maximum Gasteiger partial charge on any atom is 0.307 e. The second-order valence-corrected chi connectivity index (χ2v) is 5.92. The summed E-state index contributed by atoms with van der Waals surface area (Å²) in [7, 11) is 0. The Bertz CT molecular complexity index is 305. The summed E-state index contributed by atoms with van der Waals surface area (Å²) in [5, 5.41) is 12.1. The zero-order valence-corrected chi connectivity index (χ0v) is 11.1. The van der Waals surface area contributed by atoms with Crippen molar-refractivity contribution in [2.75, 3.05) is 19.7 Å². The summed E-state index contributed by atoms with van der Waals surface area (Å²) in [5.41, 5.74) is -0.0392. The van der Waals surface area contributed by atoms with Crippen molar-refractivity contribution in [1.82, 2.24) is 5.32 Å². The van der Waals surface area contributed by atoms with E-state index in [1.54, 1.807) is 0 Å². The van der Waals surface area contributed by atoms with E-state index in [-0.39, 0.29) is 23.7 Å². The number of carbonyl (C=O) groups is 1. The zero-order chi connectivity index (χ0) is 13.2. The molecule has 0 spiro atoms. The fourth-order valence-corrected chi connectivity index (χ4v) is 2.66. The van der Waals surface area contributed by atoms with Gasteiger partial charge in [-0.25, -0.2) is 0 Å². The van der Waals surface area contributed by atoms with Gasteiger partial charge >= 0.3 is 5.97 Å². The maximum atomic E-state index is 10.9. The predicted octanol–water partition coefficient (Wildman–Crippen LogP) is 1.02. The van der Waals surface area contributed by atoms with E-state index in [9.17, 15) is 4.79 Å². The highest BCUT2D eigenvalue weighted by Crippen LogP contribution is 2.29. The van der Waals surface area contributed by atoms with Gasteiger partial charge in [-0.2, -0.15) is 0 Å². The molecule has 0 aliphatic carbocycles. The fraction of sp³-hybridized carbons (Fsp3) is 0.923. The lowest BCUT2D eigenvalue weighted by atomic mass is 9.98. The van der Waals surface area contributed by atoms with Gasteiger partial charge in [0.15, 0.2) is 0 Å². The van der Waals surface area contributed by atoms with Gasteiger partial charge in [-0.3, -0.25) is 4.79 Å². The Labute approximate surface area is 108 Å². The van der Waals surface area contributed by atoms with Gasteiger partial charge in [0.05, 0.1) is 30.3 Å². The first-order chi connectivity index (χ1) is 8.46. The lowest BCUT2D eigenvalue weighted by Crippen LogP contribution is -2.44. The molecule has 0 saturated carbocycles. The molecule has 2 N–H and O–H groups in total. The average Bonchev–Trinajstić information content (AvgIpc) is 2.67. The third-order valence-corrected chi connectivity index (χ3v) is 3.73. The van der Waals surface area contributed by atoms with Crippen molar-refractivity contribution in [3.63, 3.8) is 0 Å². The first-order valence-corrected chi connectivity index (χ1v) is 6.69. The highest BCUT2D eigenvalue weighted by atomic mass is 16.6. The van der Waals surface area contributed by atoms with Crippen molar-refractivity contribution in [2.45, 2.75) is 50.9 Å². The van der Waals surface area contributed by atoms with E-state index in [2.05, 4.69) is 19.2 Å². The summed E-state index contributed by atoms with van der Waals surface area (Å²) in [5.74, 6) is -1.07. The van der Waals surface area contributed by atoms with Crippen LogP contribution < -0.4 is 5.32 Å². The highest BCUT2D eigenvalue weighted by Gasteiger charge is 2.33. The van der Waals surface area contributed by atoms with Gasteiger partial charge in [0.2, 0.25) is 0 Å². The van der Waals surface area contributed by atoms with Crippen LogP contribution in [0.15, 0.2) is 0 Å². The molecule has 0 aromatic rings. The van der Waals surface area contributed by atoms with E-state index in [0.717, 1.165) is 19.4 Å². The molecule has 2 saturated heterocycles. The molecule has 2 aliphatic heterocycles. The van der Waals surface area contributed by atoms with Crippen LogP contribution in [0.4, 0.5) is 0 Å². The molecule has 18 heavy (non-hydrogen) atoms. The molecular weight excluding hydrogens is 234 g/mol. The van der Waals surface area contributed by atoms with Crippen LogP contribution in [-0.2, 0) is 14.3 Å². The van der Waals surface area contributed by atoms with Crippen LogP contribution in [-0.4, -0.2) is 48.6 Å². The summed E-state index contributed by atoms with van der Waals surface area (Å²) < 4.78 is 11.6. The van der Waals surface area contributed by atoms with E-state index in [1.165, 1.54) is 0 Å².